The summed E-state index contributed by atoms with van der Waals surface area (Å²) in [5.74, 6) is -0.438. The van der Waals surface area contributed by atoms with Crippen LogP contribution in [0.5, 0.6) is 5.75 Å². The SMILES string of the molecule is O=C(CC1SC(=NN=Cc2ccccc2)N(c2ccc(O)cc2)C1=O)Nc1ccccc1. The summed E-state index contributed by atoms with van der Waals surface area (Å²) in [4.78, 5) is 27.1. The topological polar surface area (TPSA) is 94.4 Å². The largest absolute Gasteiger partial charge is 0.508 e. The van der Waals surface area contributed by atoms with Gasteiger partial charge in [0, 0.05) is 12.1 Å². The van der Waals surface area contributed by atoms with E-state index in [1.165, 1.54) is 28.8 Å². The van der Waals surface area contributed by atoms with E-state index in [1.807, 2.05) is 48.5 Å². The molecule has 0 spiro atoms. The van der Waals surface area contributed by atoms with Gasteiger partial charge in [-0.25, -0.2) is 0 Å². The fourth-order valence-electron chi connectivity index (χ4n) is 3.09. The molecule has 32 heavy (non-hydrogen) atoms. The maximum atomic E-state index is 13.2. The zero-order chi connectivity index (χ0) is 22.3. The number of amides is 2. The van der Waals surface area contributed by atoms with Gasteiger partial charge in [0.05, 0.1) is 11.9 Å². The number of benzene rings is 3. The highest BCUT2D eigenvalue weighted by Gasteiger charge is 2.40. The first kappa shape index (κ1) is 21.3. The van der Waals surface area contributed by atoms with Crippen LogP contribution in [0.15, 0.2) is 95.1 Å². The van der Waals surface area contributed by atoms with Gasteiger partial charge < -0.3 is 10.4 Å². The Kier molecular flexibility index (Phi) is 6.62. The Balaban J connectivity index is 1.55. The molecule has 1 heterocycles. The zero-order valence-corrected chi connectivity index (χ0v) is 17.8. The molecular formula is C24H20N4O3S. The first-order chi connectivity index (χ1) is 15.6. The lowest BCUT2D eigenvalue weighted by molar-refractivity contribution is -0.121. The monoisotopic (exact) mass is 444 g/mol. The maximum absolute atomic E-state index is 13.2. The molecule has 7 nitrogen and oxygen atoms in total. The van der Waals surface area contributed by atoms with Crippen molar-refractivity contribution in [2.24, 2.45) is 10.2 Å². The van der Waals surface area contributed by atoms with Crippen LogP contribution < -0.4 is 10.2 Å². The molecule has 1 saturated heterocycles. The van der Waals surface area contributed by atoms with Crippen LogP contribution in [0.1, 0.15) is 12.0 Å². The molecule has 160 valence electrons. The highest BCUT2D eigenvalue weighted by molar-refractivity contribution is 8.16. The molecule has 2 amide bonds. The molecule has 4 rings (SSSR count). The first-order valence-corrected chi connectivity index (χ1v) is 10.8. The highest BCUT2D eigenvalue weighted by atomic mass is 32.2. The van der Waals surface area contributed by atoms with Gasteiger partial charge in [0.25, 0.3) is 0 Å². The number of phenolic OH excluding ortho intramolecular Hbond substituents is 1. The van der Waals surface area contributed by atoms with E-state index in [2.05, 4.69) is 15.5 Å². The molecule has 1 unspecified atom stereocenters. The fourth-order valence-corrected chi connectivity index (χ4v) is 4.18. The Morgan fingerprint density at radius 2 is 1.66 bits per heavy atom. The van der Waals surface area contributed by atoms with E-state index in [0.717, 1.165) is 5.56 Å². The lowest BCUT2D eigenvalue weighted by atomic mass is 10.2. The minimum atomic E-state index is -0.641. The molecule has 1 aliphatic heterocycles. The number of aromatic hydroxyl groups is 1. The van der Waals surface area contributed by atoms with Gasteiger partial charge in [-0.1, -0.05) is 60.3 Å². The van der Waals surface area contributed by atoms with Crippen molar-refractivity contribution in [3.63, 3.8) is 0 Å². The zero-order valence-electron chi connectivity index (χ0n) is 17.0. The average Bonchev–Trinajstić information content (AvgIpc) is 3.10. The summed E-state index contributed by atoms with van der Waals surface area (Å²) < 4.78 is 0. The van der Waals surface area contributed by atoms with Crippen molar-refractivity contribution in [1.29, 1.82) is 0 Å². The molecule has 0 bridgehead atoms. The number of nitrogens with one attached hydrogen (secondary N) is 1. The van der Waals surface area contributed by atoms with Crippen LogP contribution in [0, 0.1) is 0 Å². The second-order valence-electron chi connectivity index (χ2n) is 6.95. The highest BCUT2D eigenvalue weighted by Crippen LogP contribution is 2.34. The minimum absolute atomic E-state index is 0.00556. The van der Waals surface area contributed by atoms with Crippen molar-refractivity contribution in [2.75, 3.05) is 10.2 Å². The van der Waals surface area contributed by atoms with E-state index in [1.54, 1.807) is 30.5 Å². The van der Waals surface area contributed by atoms with Crippen molar-refractivity contribution in [2.45, 2.75) is 11.7 Å². The molecule has 1 aliphatic rings. The van der Waals surface area contributed by atoms with Crippen molar-refractivity contribution in [3.05, 3.63) is 90.5 Å². The van der Waals surface area contributed by atoms with Crippen molar-refractivity contribution < 1.29 is 14.7 Å². The predicted octanol–water partition coefficient (Wildman–Crippen LogP) is 4.26. The number of nitrogens with zero attached hydrogens (tertiary/aromatic N) is 3. The summed E-state index contributed by atoms with van der Waals surface area (Å²) in [6.45, 7) is 0. The molecule has 2 N–H and O–H groups in total. The van der Waals surface area contributed by atoms with Gasteiger partial charge in [-0.3, -0.25) is 14.5 Å². The number of carbonyl (C=O) groups is 2. The van der Waals surface area contributed by atoms with Crippen molar-refractivity contribution in [3.8, 4) is 5.75 Å². The van der Waals surface area contributed by atoms with Crippen LogP contribution in [0.3, 0.4) is 0 Å². The third-order valence-electron chi connectivity index (χ3n) is 4.62. The fraction of sp³-hybridized carbons (Fsp3) is 0.0833. The van der Waals surface area contributed by atoms with Gasteiger partial charge in [-0.05, 0) is 42.0 Å². The smallest absolute Gasteiger partial charge is 0.247 e. The van der Waals surface area contributed by atoms with Gasteiger partial charge in [-0.15, -0.1) is 5.10 Å². The second kappa shape index (κ2) is 9.93. The van der Waals surface area contributed by atoms with Crippen LogP contribution in [0.4, 0.5) is 11.4 Å². The van der Waals surface area contributed by atoms with Crippen LogP contribution in [-0.4, -0.2) is 33.6 Å². The van der Waals surface area contributed by atoms with Crippen molar-refractivity contribution in [1.82, 2.24) is 0 Å². The van der Waals surface area contributed by atoms with Gasteiger partial charge in [0.1, 0.15) is 11.0 Å². The summed E-state index contributed by atoms with van der Waals surface area (Å²) >= 11 is 1.19. The standard InChI is InChI=1S/C24H20N4O3S/c29-20-13-11-19(12-14-20)28-23(31)21(15-22(30)26-18-9-5-2-6-10-18)32-24(28)27-25-16-17-7-3-1-4-8-17/h1-14,16,21,29H,15H2,(H,26,30). The van der Waals surface area contributed by atoms with Crippen LogP contribution in [-0.2, 0) is 9.59 Å². The number of thioether (sulfide) groups is 1. The molecule has 0 radical (unpaired) electrons. The molecule has 1 fully saturated rings. The van der Waals surface area contributed by atoms with Crippen molar-refractivity contribution >= 4 is 46.3 Å². The Morgan fingerprint density at radius 1 is 1.00 bits per heavy atom. The number of carbonyl (C=O) groups excluding carboxylic acids is 2. The number of phenols is 1. The van der Waals surface area contributed by atoms with Gasteiger partial charge >= 0.3 is 0 Å². The molecule has 3 aromatic carbocycles. The Hall–Kier alpha value is -3.91. The van der Waals surface area contributed by atoms with Gasteiger partial charge in [0.2, 0.25) is 11.8 Å². The summed E-state index contributed by atoms with van der Waals surface area (Å²) in [6.07, 6.45) is 1.59. The summed E-state index contributed by atoms with van der Waals surface area (Å²) in [5.41, 5.74) is 2.09. The predicted molar refractivity (Wildman–Crippen MR) is 128 cm³/mol. The van der Waals surface area contributed by atoms with Crippen LogP contribution in [0.2, 0.25) is 0 Å². The van der Waals surface area contributed by atoms with E-state index >= 15 is 0 Å². The number of hydrogen-bond donors (Lipinski definition) is 2. The number of amidine groups is 1. The quantitative estimate of drug-likeness (QED) is 0.439. The molecular weight excluding hydrogens is 424 g/mol. The normalized spacial score (nSPS) is 17.2. The second-order valence-corrected chi connectivity index (χ2v) is 8.12. The number of hydrogen-bond acceptors (Lipinski definition) is 6. The molecule has 1 atom stereocenters. The van der Waals surface area contributed by atoms with Crippen LogP contribution >= 0.6 is 11.8 Å². The average molecular weight is 445 g/mol. The summed E-state index contributed by atoms with van der Waals surface area (Å²) in [5, 5.41) is 20.5. The molecule has 8 heteroatoms. The lowest BCUT2D eigenvalue weighted by Gasteiger charge is -2.15. The van der Waals surface area contributed by atoms with E-state index in [9.17, 15) is 14.7 Å². The molecule has 3 aromatic rings. The summed E-state index contributed by atoms with van der Waals surface area (Å²) in [7, 11) is 0. The van der Waals surface area contributed by atoms with Crippen LogP contribution in [0.25, 0.3) is 0 Å². The third-order valence-corrected chi connectivity index (χ3v) is 5.75. The molecule has 0 saturated carbocycles. The number of anilines is 2. The summed E-state index contributed by atoms with van der Waals surface area (Å²) in [6, 6.07) is 24.8. The van der Waals surface area contributed by atoms with Gasteiger partial charge in [-0.2, -0.15) is 5.10 Å². The molecule has 0 aliphatic carbocycles. The Bertz CT molecular complexity index is 1150. The Labute approximate surface area is 189 Å². The maximum Gasteiger partial charge on any atom is 0.247 e. The van der Waals surface area contributed by atoms with E-state index in [0.29, 0.717) is 16.5 Å². The van der Waals surface area contributed by atoms with E-state index in [-0.39, 0.29) is 24.0 Å². The molecule has 0 aromatic heterocycles. The Morgan fingerprint density at radius 3 is 2.34 bits per heavy atom. The number of para-hydroxylation sites is 1. The van der Waals surface area contributed by atoms with Gasteiger partial charge in [0.15, 0.2) is 5.17 Å². The lowest BCUT2D eigenvalue weighted by Crippen LogP contribution is -2.33. The van der Waals surface area contributed by atoms with E-state index < -0.39 is 5.25 Å². The van der Waals surface area contributed by atoms with E-state index in [4.69, 9.17) is 0 Å². The number of rotatable bonds is 6. The first-order valence-electron chi connectivity index (χ1n) is 9.91. The third kappa shape index (κ3) is 5.22. The minimum Gasteiger partial charge on any atom is -0.508 e.